The number of nitrogen functional groups attached to an aromatic ring is 1. The summed E-state index contributed by atoms with van der Waals surface area (Å²) < 4.78 is 33.5. The zero-order valence-electron chi connectivity index (χ0n) is 10.2. The minimum atomic E-state index is -3.31. The van der Waals surface area contributed by atoms with Gasteiger partial charge in [-0.2, -0.15) is 4.37 Å². The van der Waals surface area contributed by atoms with Gasteiger partial charge in [0.2, 0.25) is 0 Å². The summed E-state index contributed by atoms with van der Waals surface area (Å²) in [7, 11) is -3.31. The minimum absolute atomic E-state index is 0.103. The summed E-state index contributed by atoms with van der Waals surface area (Å²) >= 11 is 1.09. The molecule has 1 saturated carbocycles. The smallest absolute Gasteiger partial charge is 0.187 e. The van der Waals surface area contributed by atoms with Crippen LogP contribution in [0.15, 0.2) is 4.90 Å². The molecule has 0 radical (unpaired) electrons. The number of nitrogens with two attached hydrogens (primary N) is 1. The maximum absolute atomic E-state index is 12.2. The molecule has 0 atom stereocenters. The van der Waals surface area contributed by atoms with Crippen molar-refractivity contribution < 1.29 is 13.2 Å². The second kappa shape index (κ2) is 5.41. The molecule has 0 aliphatic heterocycles. The summed E-state index contributed by atoms with van der Waals surface area (Å²) in [6.45, 7) is 3.62. The lowest BCUT2D eigenvalue weighted by molar-refractivity contribution is 0.158. The van der Waals surface area contributed by atoms with E-state index in [1.165, 1.54) is 0 Å². The number of aromatic nitrogens is 1. The molecule has 6 nitrogen and oxygen atoms in total. The number of sulfone groups is 1. The van der Waals surface area contributed by atoms with Gasteiger partial charge < -0.3 is 15.8 Å². The molecule has 1 aliphatic rings. The number of nitrogens with one attached hydrogen (secondary N) is 1. The Labute approximate surface area is 111 Å². The van der Waals surface area contributed by atoms with E-state index in [1.807, 2.05) is 6.92 Å². The SMILES string of the molecule is CCOCCNc1snc(N)c1S(=O)(=O)C1CC1. The van der Waals surface area contributed by atoms with Crippen LogP contribution in [0.2, 0.25) is 0 Å². The van der Waals surface area contributed by atoms with Crippen LogP contribution < -0.4 is 11.1 Å². The van der Waals surface area contributed by atoms with Crippen molar-refractivity contribution in [2.45, 2.75) is 29.9 Å². The van der Waals surface area contributed by atoms with Crippen molar-refractivity contribution in [1.82, 2.24) is 4.37 Å². The minimum Gasteiger partial charge on any atom is -0.382 e. The number of ether oxygens (including phenoxy) is 1. The van der Waals surface area contributed by atoms with E-state index < -0.39 is 9.84 Å². The summed E-state index contributed by atoms with van der Waals surface area (Å²) in [5, 5.41) is 3.28. The molecule has 3 N–H and O–H groups in total. The number of hydrogen-bond acceptors (Lipinski definition) is 7. The van der Waals surface area contributed by atoms with Crippen LogP contribution in [-0.4, -0.2) is 37.8 Å². The second-order valence-corrected chi connectivity index (χ2v) is 7.03. The Hall–Kier alpha value is -0.860. The van der Waals surface area contributed by atoms with Crippen LogP contribution in [0.3, 0.4) is 0 Å². The van der Waals surface area contributed by atoms with Crippen molar-refractivity contribution in [2.24, 2.45) is 0 Å². The lowest BCUT2D eigenvalue weighted by Crippen LogP contribution is -2.14. The molecule has 1 aromatic rings. The molecule has 1 heterocycles. The largest absolute Gasteiger partial charge is 0.382 e. The van der Waals surface area contributed by atoms with Crippen LogP contribution in [0, 0.1) is 0 Å². The molecule has 1 aromatic heterocycles. The van der Waals surface area contributed by atoms with Gasteiger partial charge in [0.1, 0.15) is 9.90 Å². The molecule has 0 amide bonds. The van der Waals surface area contributed by atoms with Crippen LogP contribution in [0.5, 0.6) is 0 Å². The fraction of sp³-hybridized carbons (Fsp3) is 0.700. The normalized spacial score (nSPS) is 15.8. The Bertz CT molecular complexity index is 508. The quantitative estimate of drug-likeness (QED) is 0.731. The van der Waals surface area contributed by atoms with Crippen LogP contribution in [0.25, 0.3) is 0 Å². The summed E-state index contributed by atoms with van der Waals surface area (Å²) in [4.78, 5) is 0.173. The first-order valence-electron chi connectivity index (χ1n) is 5.88. The van der Waals surface area contributed by atoms with Crippen molar-refractivity contribution in [3.63, 3.8) is 0 Å². The number of hydrogen-bond donors (Lipinski definition) is 2. The molecule has 18 heavy (non-hydrogen) atoms. The van der Waals surface area contributed by atoms with E-state index in [4.69, 9.17) is 10.5 Å². The van der Waals surface area contributed by atoms with E-state index in [1.54, 1.807) is 0 Å². The van der Waals surface area contributed by atoms with Crippen molar-refractivity contribution >= 4 is 32.2 Å². The van der Waals surface area contributed by atoms with Gasteiger partial charge in [0.25, 0.3) is 0 Å². The van der Waals surface area contributed by atoms with Crippen molar-refractivity contribution in [3.05, 3.63) is 0 Å². The van der Waals surface area contributed by atoms with Gasteiger partial charge in [-0.15, -0.1) is 0 Å². The van der Waals surface area contributed by atoms with Crippen molar-refractivity contribution in [1.29, 1.82) is 0 Å². The second-order valence-electron chi connectivity index (χ2n) is 4.09. The molecule has 0 bridgehead atoms. The first-order chi connectivity index (χ1) is 8.57. The molecular weight excluding hydrogens is 274 g/mol. The molecule has 1 aliphatic carbocycles. The van der Waals surface area contributed by atoms with Crippen LogP contribution in [-0.2, 0) is 14.6 Å². The van der Waals surface area contributed by atoms with Crippen molar-refractivity contribution in [3.8, 4) is 0 Å². The maximum Gasteiger partial charge on any atom is 0.187 e. The molecule has 8 heteroatoms. The topological polar surface area (TPSA) is 94.3 Å². The molecule has 0 spiro atoms. The number of anilines is 2. The summed E-state index contributed by atoms with van der Waals surface area (Å²) in [5.74, 6) is 0.103. The fourth-order valence-corrected chi connectivity index (χ4v) is 4.52. The Morgan fingerprint density at radius 1 is 1.56 bits per heavy atom. The monoisotopic (exact) mass is 291 g/mol. The third-order valence-electron chi connectivity index (χ3n) is 2.66. The molecule has 2 rings (SSSR count). The van der Waals surface area contributed by atoms with Gasteiger partial charge in [-0.25, -0.2) is 8.42 Å². The summed E-state index contributed by atoms with van der Waals surface area (Å²) in [6, 6.07) is 0. The van der Waals surface area contributed by atoms with E-state index in [2.05, 4.69) is 9.69 Å². The Morgan fingerprint density at radius 3 is 2.89 bits per heavy atom. The highest BCUT2D eigenvalue weighted by Crippen LogP contribution is 2.40. The van der Waals surface area contributed by atoms with Gasteiger partial charge in [0, 0.05) is 13.2 Å². The van der Waals surface area contributed by atoms with Gasteiger partial charge in [0.05, 0.1) is 11.9 Å². The number of nitrogens with zero attached hydrogens (tertiary/aromatic N) is 1. The highest BCUT2D eigenvalue weighted by Gasteiger charge is 2.40. The molecule has 0 aromatic carbocycles. The Kier molecular flexibility index (Phi) is 4.08. The van der Waals surface area contributed by atoms with E-state index in [9.17, 15) is 8.42 Å². The average molecular weight is 291 g/mol. The summed E-state index contributed by atoms with van der Waals surface area (Å²) in [5.41, 5.74) is 5.67. The molecular formula is C10H17N3O3S2. The Morgan fingerprint density at radius 2 is 2.28 bits per heavy atom. The first kappa shape index (κ1) is 13.6. The predicted octanol–water partition coefficient (Wildman–Crippen LogP) is 1.11. The lowest BCUT2D eigenvalue weighted by Gasteiger charge is -2.07. The molecule has 102 valence electrons. The molecule has 0 saturated heterocycles. The number of rotatable bonds is 7. The van der Waals surface area contributed by atoms with Crippen LogP contribution >= 0.6 is 11.5 Å². The first-order valence-corrected chi connectivity index (χ1v) is 8.20. The van der Waals surface area contributed by atoms with E-state index in [0.29, 0.717) is 24.8 Å². The van der Waals surface area contributed by atoms with Gasteiger partial charge in [-0.05, 0) is 31.3 Å². The standard InChI is InChI=1S/C10H17N3O3S2/c1-2-16-6-5-12-10-8(9(11)13-17-10)18(14,15)7-3-4-7/h7,12H,2-6H2,1H3,(H2,11,13). The van der Waals surface area contributed by atoms with Crippen LogP contribution in [0.4, 0.5) is 10.8 Å². The third-order valence-corrected chi connectivity index (χ3v) is 5.94. The fourth-order valence-electron chi connectivity index (χ4n) is 1.61. The van der Waals surface area contributed by atoms with E-state index >= 15 is 0 Å². The zero-order chi connectivity index (χ0) is 13.2. The molecule has 0 unspecified atom stereocenters. The van der Waals surface area contributed by atoms with Gasteiger partial charge in [-0.3, -0.25) is 0 Å². The maximum atomic E-state index is 12.2. The lowest BCUT2D eigenvalue weighted by atomic mass is 10.6. The third kappa shape index (κ3) is 2.76. The van der Waals surface area contributed by atoms with E-state index in [0.717, 1.165) is 24.4 Å². The highest BCUT2D eigenvalue weighted by molar-refractivity contribution is 7.92. The Balaban J connectivity index is 2.12. The van der Waals surface area contributed by atoms with Gasteiger partial charge in [-0.1, -0.05) is 0 Å². The van der Waals surface area contributed by atoms with Gasteiger partial charge in [0.15, 0.2) is 15.7 Å². The van der Waals surface area contributed by atoms with Gasteiger partial charge >= 0.3 is 0 Å². The van der Waals surface area contributed by atoms with Crippen molar-refractivity contribution in [2.75, 3.05) is 30.8 Å². The summed E-state index contributed by atoms with van der Waals surface area (Å²) in [6.07, 6.45) is 1.44. The predicted molar refractivity (Wildman–Crippen MR) is 71.7 cm³/mol. The highest BCUT2D eigenvalue weighted by atomic mass is 32.2. The molecule has 1 fully saturated rings. The zero-order valence-corrected chi connectivity index (χ0v) is 11.8. The average Bonchev–Trinajstić information content (AvgIpc) is 3.10. The van der Waals surface area contributed by atoms with E-state index in [-0.39, 0.29) is 16.0 Å². The van der Waals surface area contributed by atoms with Crippen LogP contribution in [0.1, 0.15) is 19.8 Å².